The van der Waals surface area contributed by atoms with E-state index in [1.54, 1.807) is 11.8 Å². The molecule has 2 aromatic carbocycles. The number of hydrogen-bond donors (Lipinski definition) is 0. The molecule has 0 fully saturated rings. The van der Waals surface area contributed by atoms with Gasteiger partial charge < -0.3 is 9.64 Å². The lowest BCUT2D eigenvalue weighted by Crippen LogP contribution is -2.32. The summed E-state index contributed by atoms with van der Waals surface area (Å²) < 4.78 is 4.69. The predicted molar refractivity (Wildman–Crippen MR) is 134 cm³/mol. The molecule has 0 N–H and O–H groups in total. The van der Waals surface area contributed by atoms with E-state index in [1.807, 2.05) is 42.6 Å². The zero-order valence-corrected chi connectivity index (χ0v) is 19.8. The second-order valence-corrected chi connectivity index (χ2v) is 8.89. The zero-order chi connectivity index (χ0) is 22.8. The number of methoxy groups -OCH3 is 1. The first-order valence-corrected chi connectivity index (χ1v) is 12.1. The minimum Gasteiger partial charge on any atom is -0.468 e. The molecule has 0 saturated carbocycles. The lowest BCUT2D eigenvalue weighted by Gasteiger charge is -2.28. The van der Waals surface area contributed by atoms with Gasteiger partial charge in [-0.1, -0.05) is 60.7 Å². The van der Waals surface area contributed by atoms with E-state index in [9.17, 15) is 4.79 Å². The first-order valence-electron chi connectivity index (χ1n) is 11.0. The summed E-state index contributed by atoms with van der Waals surface area (Å²) in [6, 6.07) is 20.8. The average molecular weight is 450 g/mol. The molecule has 0 saturated heterocycles. The summed E-state index contributed by atoms with van der Waals surface area (Å²) in [6.07, 6.45) is 3.95. The monoisotopic (exact) mass is 449 g/mol. The molecule has 6 heteroatoms. The zero-order valence-electron chi connectivity index (χ0n) is 19.0. The average Bonchev–Trinajstić information content (AvgIpc) is 2.84. The Labute approximate surface area is 195 Å². The molecule has 32 heavy (non-hydrogen) atoms. The van der Waals surface area contributed by atoms with E-state index in [0.717, 1.165) is 53.5 Å². The molecule has 3 rings (SSSR count). The standard InChI is InChI=1S/C26H31N3O2S/c1-20(2)29(16-10-11-17-32-19-24(30)31-3)23-18-27-25(21-12-6-4-7-13-21)26(28-23)22-14-8-5-9-15-22/h4-9,12-15,18,20H,10-11,16-17,19H2,1-3H3. The van der Waals surface area contributed by atoms with Crippen molar-refractivity contribution in [3.8, 4) is 22.5 Å². The number of thioether (sulfide) groups is 1. The molecule has 3 aromatic rings. The second-order valence-electron chi connectivity index (χ2n) is 7.78. The molecular formula is C26H31N3O2S. The number of ether oxygens (including phenoxy) is 1. The number of rotatable bonds is 11. The van der Waals surface area contributed by atoms with E-state index in [4.69, 9.17) is 14.7 Å². The fraction of sp³-hybridized carbons (Fsp3) is 0.346. The third-order valence-corrected chi connectivity index (χ3v) is 6.17. The van der Waals surface area contributed by atoms with Crippen molar-refractivity contribution in [2.24, 2.45) is 0 Å². The van der Waals surface area contributed by atoms with Crippen molar-refractivity contribution in [1.29, 1.82) is 0 Å². The Kier molecular flexibility index (Phi) is 9.11. The Bertz CT molecular complexity index is 981. The summed E-state index contributed by atoms with van der Waals surface area (Å²) in [4.78, 5) is 23.5. The molecule has 1 heterocycles. The largest absolute Gasteiger partial charge is 0.468 e. The number of nitrogens with zero attached hydrogens (tertiary/aromatic N) is 3. The maximum Gasteiger partial charge on any atom is 0.315 e. The fourth-order valence-electron chi connectivity index (χ4n) is 3.46. The SMILES string of the molecule is COC(=O)CSCCCCN(c1cnc(-c2ccccc2)c(-c2ccccc2)n1)C(C)C. The van der Waals surface area contributed by atoms with Crippen LogP contribution in [-0.4, -0.2) is 47.1 Å². The van der Waals surface area contributed by atoms with Crippen LogP contribution in [0, 0.1) is 0 Å². The van der Waals surface area contributed by atoms with Crippen LogP contribution in [0.4, 0.5) is 5.82 Å². The van der Waals surface area contributed by atoms with Crippen LogP contribution in [0.15, 0.2) is 66.9 Å². The van der Waals surface area contributed by atoms with E-state index in [-0.39, 0.29) is 5.97 Å². The summed E-state index contributed by atoms with van der Waals surface area (Å²) in [6.45, 7) is 5.26. The molecule has 0 unspecified atom stereocenters. The molecule has 168 valence electrons. The first kappa shape index (κ1) is 23.8. The van der Waals surface area contributed by atoms with Crippen LogP contribution in [0.2, 0.25) is 0 Å². The number of aromatic nitrogens is 2. The first-order chi connectivity index (χ1) is 15.6. The molecule has 0 atom stereocenters. The van der Waals surface area contributed by atoms with Gasteiger partial charge in [0.1, 0.15) is 5.82 Å². The molecule has 0 spiro atoms. The van der Waals surface area contributed by atoms with Gasteiger partial charge in [0, 0.05) is 23.7 Å². The van der Waals surface area contributed by atoms with Crippen molar-refractivity contribution in [3.63, 3.8) is 0 Å². The quantitative estimate of drug-likeness (QED) is 0.276. The molecule has 1 aromatic heterocycles. The van der Waals surface area contributed by atoms with Gasteiger partial charge in [0.15, 0.2) is 0 Å². The summed E-state index contributed by atoms with van der Waals surface area (Å²) in [5.41, 5.74) is 3.91. The van der Waals surface area contributed by atoms with Crippen molar-refractivity contribution in [3.05, 3.63) is 66.9 Å². The molecule has 0 amide bonds. The highest BCUT2D eigenvalue weighted by molar-refractivity contribution is 7.99. The van der Waals surface area contributed by atoms with Crippen molar-refractivity contribution < 1.29 is 9.53 Å². The number of anilines is 1. The highest BCUT2D eigenvalue weighted by atomic mass is 32.2. The van der Waals surface area contributed by atoms with E-state index >= 15 is 0 Å². The van der Waals surface area contributed by atoms with Gasteiger partial charge >= 0.3 is 5.97 Å². The van der Waals surface area contributed by atoms with Gasteiger partial charge in [-0.05, 0) is 32.4 Å². The maximum atomic E-state index is 11.2. The molecule has 0 radical (unpaired) electrons. The van der Waals surface area contributed by atoms with Crippen LogP contribution in [0.1, 0.15) is 26.7 Å². The van der Waals surface area contributed by atoms with Gasteiger partial charge in [-0.15, -0.1) is 0 Å². The van der Waals surface area contributed by atoms with Gasteiger partial charge in [-0.25, -0.2) is 4.98 Å². The molecule has 0 aliphatic heterocycles. The van der Waals surface area contributed by atoms with Crippen molar-refractivity contribution >= 4 is 23.5 Å². The van der Waals surface area contributed by atoms with E-state index < -0.39 is 0 Å². The molecule has 0 bridgehead atoms. The normalized spacial score (nSPS) is 10.9. The van der Waals surface area contributed by atoms with Crippen LogP contribution in [-0.2, 0) is 9.53 Å². The third kappa shape index (κ3) is 6.57. The smallest absolute Gasteiger partial charge is 0.315 e. The summed E-state index contributed by atoms with van der Waals surface area (Å²) in [5.74, 6) is 2.08. The minimum absolute atomic E-state index is 0.166. The van der Waals surface area contributed by atoms with Crippen molar-refractivity contribution in [2.75, 3.05) is 30.1 Å². The highest BCUT2D eigenvalue weighted by Gasteiger charge is 2.17. The van der Waals surface area contributed by atoms with Crippen LogP contribution in [0.25, 0.3) is 22.5 Å². The lowest BCUT2D eigenvalue weighted by molar-refractivity contribution is -0.137. The molecule has 5 nitrogen and oxygen atoms in total. The fourth-order valence-corrected chi connectivity index (χ4v) is 4.30. The van der Waals surface area contributed by atoms with Crippen LogP contribution >= 0.6 is 11.8 Å². The van der Waals surface area contributed by atoms with E-state index in [2.05, 4.69) is 43.0 Å². The van der Waals surface area contributed by atoms with Crippen LogP contribution < -0.4 is 4.90 Å². The van der Waals surface area contributed by atoms with E-state index in [1.165, 1.54) is 7.11 Å². The maximum absolute atomic E-state index is 11.2. The van der Waals surface area contributed by atoms with Gasteiger partial charge in [0.05, 0.1) is 30.4 Å². The number of unbranched alkanes of at least 4 members (excludes halogenated alkanes) is 1. The Balaban J connectivity index is 1.78. The molecular weight excluding hydrogens is 418 g/mol. The Morgan fingerprint density at radius 2 is 1.59 bits per heavy atom. The van der Waals surface area contributed by atoms with Crippen molar-refractivity contribution in [2.45, 2.75) is 32.7 Å². The Morgan fingerprint density at radius 1 is 0.969 bits per heavy atom. The summed E-state index contributed by atoms with van der Waals surface area (Å²) >= 11 is 1.62. The van der Waals surface area contributed by atoms with Gasteiger partial charge in [-0.3, -0.25) is 9.78 Å². The summed E-state index contributed by atoms with van der Waals surface area (Å²) in [5, 5.41) is 0. The summed E-state index contributed by atoms with van der Waals surface area (Å²) in [7, 11) is 1.43. The minimum atomic E-state index is -0.166. The number of benzene rings is 2. The van der Waals surface area contributed by atoms with Crippen LogP contribution in [0.3, 0.4) is 0 Å². The number of carbonyl (C=O) groups excluding carboxylic acids is 1. The number of esters is 1. The second kappa shape index (κ2) is 12.2. The Morgan fingerprint density at radius 3 is 2.19 bits per heavy atom. The topological polar surface area (TPSA) is 55.3 Å². The number of hydrogen-bond acceptors (Lipinski definition) is 6. The van der Waals surface area contributed by atoms with Gasteiger partial charge in [0.2, 0.25) is 0 Å². The third-order valence-electron chi connectivity index (χ3n) is 5.16. The van der Waals surface area contributed by atoms with Crippen LogP contribution in [0.5, 0.6) is 0 Å². The highest BCUT2D eigenvalue weighted by Crippen LogP contribution is 2.31. The van der Waals surface area contributed by atoms with Crippen molar-refractivity contribution in [1.82, 2.24) is 9.97 Å². The molecule has 0 aliphatic carbocycles. The lowest BCUT2D eigenvalue weighted by atomic mass is 10.0. The van der Waals surface area contributed by atoms with Gasteiger partial charge in [0.25, 0.3) is 0 Å². The predicted octanol–water partition coefficient (Wildman–Crippen LogP) is 5.71. The van der Waals surface area contributed by atoms with E-state index in [0.29, 0.717) is 11.8 Å². The molecule has 0 aliphatic rings. The number of carbonyl (C=O) groups is 1. The van der Waals surface area contributed by atoms with Gasteiger partial charge in [-0.2, -0.15) is 11.8 Å². The Hall–Kier alpha value is -2.86.